The highest BCUT2D eigenvalue weighted by atomic mass is 32.2. The standard InChI is InChI=1S/C16H20N4OS2/c21-14(18-15(10-3-4-10)11-5-6-11)9-23-16-17-13(19-20-16)8-12-2-1-7-22-12/h1-2,7,10-11,15H,3-6,8-9H2,(H,18,21)(H,17,19,20). The number of thiophene rings is 1. The molecule has 2 aliphatic carbocycles. The van der Waals surface area contributed by atoms with E-state index >= 15 is 0 Å². The van der Waals surface area contributed by atoms with E-state index in [1.54, 1.807) is 11.3 Å². The van der Waals surface area contributed by atoms with Gasteiger partial charge in [0.2, 0.25) is 11.1 Å². The molecule has 4 rings (SSSR count). The smallest absolute Gasteiger partial charge is 0.230 e. The average Bonchev–Trinajstić information content (AvgIpc) is 3.47. The van der Waals surface area contributed by atoms with Crippen molar-refractivity contribution in [3.63, 3.8) is 0 Å². The van der Waals surface area contributed by atoms with Crippen molar-refractivity contribution in [3.8, 4) is 0 Å². The van der Waals surface area contributed by atoms with Gasteiger partial charge in [-0.25, -0.2) is 4.98 Å². The van der Waals surface area contributed by atoms with Crippen LogP contribution in [0.3, 0.4) is 0 Å². The van der Waals surface area contributed by atoms with Crippen molar-refractivity contribution in [2.75, 3.05) is 5.75 Å². The zero-order valence-corrected chi connectivity index (χ0v) is 14.5. The molecule has 5 nitrogen and oxygen atoms in total. The molecule has 2 aromatic heterocycles. The van der Waals surface area contributed by atoms with Crippen LogP contribution in [0.5, 0.6) is 0 Å². The zero-order valence-electron chi connectivity index (χ0n) is 12.8. The first-order valence-electron chi connectivity index (χ1n) is 8.14. The number of nitrogens with one attached hydrogen (secondary N) is 2. The number of carbonyl (C=O) groups is 1. The summed E-state index contributed by atoms with van der Waals surface area (Å²) >= 11 is 3.12. The minimum atomic E-state index is 0.114. The van der Waals surface area contributed by atoms with Gasteiger partial charge in [-0.15, -0.1) is 16.4 Å². The van der Waals surface area contributed by atoms with Crippen LogP contribution in [0.4, 0.5) is 0 Å². The van der Waals surface area contributed by atoms with E-state index in [2.05, 4.69) is 31.9 Å². The van der Waals surface area contributed by atoms with Crippen molar-refractivity contribution in [3.05, 3.63) is 28.2 Å². The normalized spacial score (nSPS) is 17.6. The molecule has 0 spiro atoms. The molecule has 0 aromatic carbocycles. The monoisotopic (exact) mass is 348 g/mol. The van der Waals surface area contributed by atoms with Gasteiger partial charge in [0, 0.05) is 17.3 Å². The van der Waals surface area contributed by atoms with E-state index in [1.165, 1.54) is 42.3 Å². The number of carbonyl (C=O) groups excluding carboxylic acids is 1. The van der Waals surface area contributed by atoms with Gasteiger partial charge in [0.15, 0.2) is 0 Å². The molecule has 2 fully saturated rings. The largest absolute Gasteiger partial charge is 0.352 e. The summed E-state index contributed by atoms with van der Waals surface area (Å²) in [7, 11) is 0. The summed E-state index contributed by atoms with van der Waals surface area (Å²) in [5.74, 6) is 2.83. The molecule has 2 aromatic rings. The summed E-state index contributed by atoms with van der Waals surface area (Å²) in [4.78, 5) is 17.9. The predicted octanol–water partition coefficient (Wildman–Crippen LogP) is 2.85. The van der Waals surface area contributed by atoms with Crippen LogP contribution < -0.4 is 5.32 Å². The van der Waals surface area contributed by atoms with E-state index in [4.69, 9.17) is 0 Å². The lowest BCUT2D eigenvalue weighted by atomic mass is 10.1. The van der Waals surface area contributed by atoms with Gasteiger partial charge < -0.3 is 5.32 Å². The number of rotatable bonds is 8. The summed E-state index contributed by atoms with van der Waals surface area (Å²) in [6.45, 7) is 0. The molecule has 2 saturated carbocycles. The van der Waals surface area contributed by atoms with Crippen molar-refractivity contribution >= 4 is 29.0 Å². The van der Waals surface area contributed by atoms with E-state index in [0.29, 0.717) is 17.0 Å². The van der Waals surface area contributed by atoms with Crippen LogP contribution in [0.15, 0.2) is 22.7 Å². The molecule has 2 heterocycles. The molecule has 0 radical (unpaired) electrons. The summed E-state index contributed by atoms with van der Waals surface area (Å²) in [5, 5.41) is 13.1. The fourth-order valence-electron chi connectivity index (χ4n) is 2.89. The van der Waals surface area contributed by atoms with Gasteiger partial charge in [0.1, 0.15) is 5.82 Å². The van der Waals surface area contributed by atoms with Crippen molar-refractivity contribution in [2.45, 2.75) is 43.3 Å². The van der Waals surface area contributed by atoms with Crippen LogP contribution >= 0.6 is 23.1 Å². The van der Waals surface area contributed by atoms with Crippen LogP contribution in [0.2, 0.25) is 0 Å². The number of hydrogen-bond acceptors (Lipinski definition) is 5. The molecule has 2 aliphatic rings. The van der Waals surface area contributed by atoms with Gasteiger partial charge in [-0.3, -0.25) is 9.89 Å². The minimum Gasteiger partial charge on any atom is -0.352 e. The van der Waals surface area contributed by atoms with Crippen molar-refractivity contribution in [2.24, 2.45) is 11.8 Å². The summed E-state index contributed by atoms with van der Waals surface area (Å²) < 4.78 is 0. The van der Waals surface area contributed by atoms with Gasteiger partial charge in [-0.1, -0.05) is 17.8 Å². The maximum absolute atomic E-state index is 12.2. The van der Waals surface area contributed by atoms with Gasteiger partial charge in [0.05, 0.1) is 5.75 Å². The number of aromatic nitrogens is 3. The van der Waals surface area contributed by atoms with Gasteiger partial charge in [-0.05, 0) is 49.0 Å². The molecule has 0 unspecified atom stereocenters. The molecule has 1 amide bonds. The van der Waals surface area contributed by atoms with E-state index in [-0.39, 0.29) is 5.91 Å². The van der Waals surface area contributed by atoms with E-state index in [0.717, 1.165) is 24.1 Å². The Labute approximate surface area is 143 Å². The second kappa shape index (κ2) is 6.65. The van der Waals surface area contributed by atoms with Crippen molar-refractivity contribution in [1.82, 2.24) is 20.5 Å². The van der Waals surface area contributed by atoms with Crippen molar-refractivity contribution in [1.29, 1.82) is 0 Å². The second-order valence-corrected chi connectivity index (χ2v) is 8.35. The molecular weight excluding hydrogens is 328 g/mol. The summed E-state index contributed by atoms with van der Waals surface area (Å²) in [5.41, 5.74) is 0. The van der Waals surface area contributed by atoms with Gasteiger partial charge in [-0.2, -0.15) is 0 Å². The zero-order chi connectivity index (χ0) is 15.6. The number of aromatic amines is 1. The molecule has 0 saturated heterocycles. The third kappa shape index (κ3) is 4.14. The summed E-state index contributed by atoms with van der Waals surface area (Å²) in [6, 6.07) is 4.54. The average molecular weight is 348 g/mol. The molecule has 0 bridgehead atoms. The molecule has 0 aliphatic heterocycles. The minimum absolute atomic E-state index is 0.114. The number of amides is 1. The quantitative estimate of drug-likeness (QED) is 0.720. The highest BCUT2D eigenvalue weighted by Crippen LogP contribution is 2.44. The van der Waals surface area contributed by atoms with E-state index in [9.17, 15) is 4.79 Å². The number of nitrogens with zero attached hydrogens (tertiary/aromatic N) is 2. The lowest BCUT2D eigenvalue weighted by Gasteiger charge is -2.17. The Bertz CT molecular complexity index is 649. The maximum Gasteiger partial charge on any atom is 0.230 e. The third-order valence-corrected chi connectivity index (χ3v) is 6.08. The van der Waals surface area contributed by atoms with E-state index < -0.39 is 0 Å². The van der Waals surface area contributed by atoms with E-state index in [1.807, 2.05) is 6.07 Å². The number of hydrogen-bond donors (Lipinski definition) is 2. The number of H-pyrrole nitrogens is 1. The summed E-state index contributed by atoms with van der Waals surface area (Å²) in [6.07, 6.45) is 5.88. The SMILES string of the molecule is O=C(CSc1n[nH]c(Cc2cccs2)n1)NC(C1CC1)C1CC1. The Morgan fingerprint density at radius 1 is 1.39 bits per heavy atom. The lowest BCUT2D eigenvalue weighted by Crippen LogP contribution is -2.39. The highest BCUT2D eigenvalue weighted by molar-refractivity contribution is 7.99. The molecule has 122 valence electrons. The fourth-order valence-corrected chi connectivity index (χ4v) is 4.23. The highest BCUT2D eigenvalue weighted by Gasteiger charge is 2.42. The fraction of sp³-hybridized carbons (Fsp3) is 0.562. The Morgan fingerprint density at radius 3 is 2.83 bits per heavy atom. The molecular formula is C16H20N4OS2. The van der Waals surface area contributed by atoms with Crippen LogP contribution in [0.25, 0.3) is 0 Å². The second-order valence-electron chi connectivity index (χ2n) is 6.38. The Balaban J connectivity index is 1.25. The third-order valence-electron chi connectivity index (χ3n) is 4.35. The topological polar surface area (TPSA) is 70.7 Å². The van der Waals surface area contributed by atoms with Crippen LogP contribution in [-0.4, -0.2) is 32.9 Å². The van der Waals surface area contributed by atoms with Crippen LogP contribution in [0.1, 0.15) is 36.4 Å². The molecule has 23 heavy (non-hydrogen) atoms. The van der Waals surface area contributed by atoms with Gasteiger partial charge in [0.25, 0.3) is 0 Å². The Kier molecular flexibility index (Phi) is 4.39. The van der Waals surface area contributed by atoms with Crippen molar-refractivity contribution < 1.29 is 4.79 Å². The molecule has 0 atom stereocenters. The lowest BCUT2D eigenvalue weighted by molar-refractivity contribution is -0.119. The van der Waals surface area contributed by atoms with Crippen LogP contribution in [-0.2, 0) is 11.2 Å². The van der Waals surface area contributed by atoms with Crippen LogP contribution in [0, 0.1) is 11.8 Å². The maximum atomic E-state index is 12.2. The first-order chi connectivity index (χ1) is 11.3. The predicted molar refractivity (Wildman–Crippen MR) is 91.6 cm³/mol. The van der Waals surface area contributed by atoms with Gasteiger partial charge >= 0.3 is 0 Å². The Hall–Kier alpha value is -1.34. The first-order valence-corrected chi connectivity index (χ1v) is 10.0. The molecule has 2 N–H and O–H groups in total. The molecule has 7 heteroatoms. The number of thioether (sulfide) groups is 1. The Morgan fingerprint density at radius 2 is 2.17 bits per heavy atom. The first kappa shape index (κ1) is 15.2.